The van der Waals surface area contributed by atoms with Gasteiger partial charge in [-0.2, -0.15) is 0 Å². The monoisotopic (exact) mass is 288 g/mol. The lowest BCUT2D eigenvalue weighted by molar-refractivity contribution is 0.389. The standard InChI is InChI=1S/C17H21ClN2/c1-20(2)13-5-6-16(17-7-3-4-12-19-17)14-8-10-15(18)11-9-14/h3-4,7-12,16H,5-6,13H2,1-2H3. The van der Waals surface area contributed by atoms with Gasteiger partial charge in [0.25, 0.3) is 0 Å². The first-order valence-corrected chi connectivity index (χ1v) is 7.36. The fraction of sp³-hybridized carbons (Fsp3) is 0.353. The number of halogens is 1. The minimum Gasteiger partial charge on any atom is -0.309 e. The van der Waals surface area contributed by atoms with Crippen LogP contribution in [0.25, 0.3) is 0 Å². The van der Waals surface area contributed by atoms with Gasteiger partial charge in [0.05, 0.1) is 0 Å². The van der Waals surface area contributed by atoms with E-state index in [9.17, 15) is 0 Å². The molecule has 1 unspecified atom stereocenters. The lowest BCUT2D eigenvalue weighted by atomic mass is 9.90. The maximum atomic E-state index is 5.99. The van der Waals surface area contributed by atoms with Gasteiger partial charge in [-0.3, -0.25) is 4.98 Å². The third kappa shape index (κ3) is 4.32. The molecule has 0 aliphatic heterocycles. The van der Waals surface area contributed by atoms with E-state index in [1.807, 2.05) is 24.4 Å². The summed E-state index contributed by atoms with van der Waals surface area (Å²) in [6.45, 7) is 1.09. The molecule has 0 amide bonds. The molecular weight excluding hydrogens is 268 g/mol. The van der Waals surface area contributed by atoms with E-state index >= 15 is 0 Å². The molecule has 0 bridgehead atoms. The van der Waals surface area contributed by atoms with Crippen LogP contribution in [0.1, 0.15) is 30.0 Å². The number of rotatable bonds is 6. The molecule has 20 heavy (non-hydrogen) atoms. The van der Waals surface area contributed by atoms with Gasteiger partial charge in [0.15, 0.2) is 0 Å². The summed E-state index contributed by atoms with van der Waals surface area (Å²) in [4.78, 5) is 6.75. The van der Waals surface area contributed by atoms with Gasteiger partial charge in [0, 0.05) is 22.8 Å². The van der Waals surface area contributed by atoms with E-state index < -0.39 is 0 Å². The fourth-order valence-corrected chi connectivity index (χ4v) is 2.50. The van der Waals surface area contributed by atoms with Crippen molar-refractivity contribution in [1.29, 1.82) is 0 Å². The summed E-state index contributed by atoms with van der Waals surface area (Å²) in [6, 6.07) is 14.3. The summed E-state index contributed by atoms with van der Waals surface area (Å²) in [5.74, 6) is 0.341. The minimum atomic E-state index is 0.341. The Bertz CT molecular complexity index is 508. The van der Waals surface area contributed by atoms with Gasteiger partial charge in [-0.25, -0.2) is 0 Å². The molecule has 0 saturated heterocycles. The first-order valence-electron chi connectivity index (χ1n) is 6.98. The highest BCUT2D eigenvalue weighted by molar-refractivity contribution is 6.30. The number of hydrogen-bond donors (Lipinski definition) is 0. The molecule has 106 valence electrons. The zero-order valence-electron chi connectivity index (χ0n) is 12.1. The Hall–Kier alpha value is -1.38. The van der Waals surface area contributed by atoms with E-state index in [2.05, 4.69) is 48.2 Å². The quantitative estimate of drug-likeness (QED) is 0.791. The van der Waals surface area contributed by atoms with Crippen molar-refractivity contribution in [2.24, 2.45) is 0 Å². The van der Waals surface area contributed by atoms with Gasteiger partial charge in [-0.15, -0.1) is 0 Å². The molecule has 2 rings (SSSR count). The molecule has 3 heteroatoms. The number of benzene rings is 1. The highest BCUT2D eigenvalue weighted by Crippen LogP contribution is 2.28. The summed E-state index contributed by atoms with van der Waals surface area (Å²) in [7, 11) is 4.22. The van der Waals surface area contributed by atoms with Crippen LogP contribution in [0.2, 0.25) is 5.02 Å². The Balaban J connectivity index is 2.18. The number of nitrogens with zero attached hydrogens (tertiary/aromatic N) is 2. The van der Waals surface area contributed by atoms with Crippen molar-refractivity contribution in [3.05, 3.63) is 64.9 Å². The van der Waals surface area contributed by atoms with Gasteiger partial charge >= 0.3 is 0 Å². The molecular formula is C17H21ClN2. The Kier molecular flexibility index (Phi) is 5.57. The second-order valence-corrected chi connectivity index (χ2v) is 5.74. The SMILES string of the molecule is CN(C)CCCC(c1ccc(Cl)cc1)c1ccccn1. The number of pyridine rings is 1. The summed E-state index contributed by atoms with van der Waals surface area (Å²) in [5.41, 5.74) is 2.42. The lowest BCUT2D eigenvalue weighted by Crippen LogP contribution is -2.14. The van der Waals surface area contributed by atoms with Crippen LogP contribution in [-0.2, 0) is 0 Å². The zero-order valence-corrected chi connectivity index (χ0v) is 12.8. The predicted molar refractivity (Wildman–Crippen MR) is 85.3 cm³/mol. The highest BCUT2D eigenvalue weighted by Gasteiger charge is 2.15. The summed E-state index contributed by atoms with van der Waals surface area (Å²) < 4.78 is 0. The third-order valence-electron chi connectivity index (χ3n) is 3.42. The van der Waals surface area contributed by atoms with Crippen LogP contribution in [0.15, 0.2) is 48.7 Å². The van der Waals surface area contributed by atoms with Gasteiger partial charge in [-0.1, -0.05) is 29.8 Å². The number of aromatic nitrogens is 1. The van der Waals surface area contributed by atoms with E-state index in [0.717, 1.165) is 30.1 Å². The second-order valence-electron chi connectivity index (χ2n) is 5.30. The smallest absolute Gasteiger partial charge is 0.0478 e. The van der Waals surface area contributed by atoms with Crippen LogP contribution in [0.3, 0.4) is 0 Å². The largest absolute Gasteiger partial charge is 0.309 e. The highest BCUT2D eigenvalue weighted by atomic mass is 35.5. The molecule has 0 radical (unpaired) electrons. The molecule has 0 spiro atoms. The van der Waals surface area contributed by atoms with Crippen molar-refractivity contribution in [3.63, 3.8) is 0 Å². The molecule has 0 aliphatic carbocycles. The Morgan fingerprint density at radius 3 is 2.45 bits per heavy atom. The second kappa shape index (κ2) is 7.41. The Morgan fingerprint density at radius 2 is 1.85 bits per heavy atom. The summed E-state index contributed by atoms with van der Waals surface area (Å²) in [5, 5.41) is 0.779. The zero-order chi connectivity index (χ0) is 14.4. The van der Waals surface area contributed by atoms with Crippen molar-refractivity contribution in [3.8, 4) is 0 Å². The van der Waals surface area contributed by atoms with Crippen molar-refractivity contribution >= 4 is 11.6 Å². The van der Waals surface area contributed by atoms with Gasteiger partial charge < -0.3 is 4.90 Å². The first-order chi connectivity index (χ1) is 9.66. The number of hydrogen-bond acceptors (Lipinski definition) is 2. The first kappa shape index (κ1) is 15.0. The molecule has 0 fully saturated rings. The van der Waals surface area contributed by atoms with E-state index in [1.165, 1.54) is 5.56 Å². The molecule has 2 nitrogen and oxygen atoms in total. The van der Waals surface area contributed by atoms with Crippen LogP contribution in [0, 0.1) is 0 Å². The molecule has 1 aromatic carbocycles. The average Bonchev–Trinajstić information content (AvgIpc) is 2.46. The van der Waals surface area contributed by atoms with Crippen LogP contribution < -0.4 is 0 Å². The van der Waals surface area contributed by atoms with Crippen LogP contribution >= 0.6 is 11.6 Å². The van der Waals surface area contributed by atoms with Crippen LogP contribution in [0.4, 0.5) is 0 Å². The Morgan fingerprint density at radius 1 is 1.10 bits per heavy atom. The maximum absolute atomic E-state index is 5.99. The van der Waals surface area contributed by atoms with Crippen molar-refractivity contribution in [2.75, 3.05) is 20.6 Å². The lowest BCUT2D eigenvalue weighted by Gasteiger charge is -2.18. The average molecular weight is 289 g/mol. The predicted octanol–water partition coefficient (Wildman–Crippen LogP) is 4.21. The van der Waals surface area contributed by atoms with Crippen molar-refractivity contribution in [1.82, 2.24) is 9.88 Å². The maximum Gasteiger partial charge on any atom is 0.0478 e. The summed E-state index contributed by atoms with van der Waals surface area (Å²) >= 11 is 5.99. The normalized spacial score (nSPS) is 12.6. The molecule has 1 heterocycles. The van der Waals surface area contributed by atoms with Crippen molar-refractivity contribution < 1.29 is 0 Å². The van der Waals surface area contributed by atoms with E-state index in [-0.39, 0.29) is 0 Å². The molecule has 2 aromatic rings. The van der Waals surface area contributed by atoms with Gasteiger partial charge in [0.1, 0.15) is 0 Å². The van der Waals surface area contributed by atoms with E-state index in [4.69, 9.17) is 11.6 Å². The molecule has 1 aromatic heterocycles. The Labute approximate surface area is 126 Å². The topological polar surface area (TPSA) is 16.1 Å². The molecule has 1 atom stereocenters. The van der Waals surface area contributed by atoms with Gasteiger partial charge in [-0.05, 0) is 63.3 Å². The van der Waals surface area contributed by atoms with E-state index in [0.29, 0.717) is 5.92 Å². The van der Waals surface area contributed by atoms with Gasteiger partial charge in [0.2, 0.25) is 0 Å². The molecule has 0 N–H and O–H groups in total. The van der Waals surface area contributed by atoms with E-state index in [1.54, 1.807) is 0 Å². The fourth-order valence-electron chi connectivity index (χ4n) is 2.37. The summed E-state index contributed by atoms with van der Waals surface area (Å²) in [6.07, 6.45) is 4.11. The third-order valence-corrected chi connectivity index (χ3v) is 3.67. The molecule has 0 aliphatic rings. The van der Waals surface area contributed by atoms with Crippen LogP contribution in [0.5, 0.6) is 0 Å². The minimum absolute atomic E-state index is 0.341. The molecule has 0 saturated carbocycles. The van der Waals surface area contributed by atoms with Crippen LogP contribution in [-0.4, -0.2) is 30.5 Å². The van der Waals surface area contributed by atoms with Crippen molar-refractivity contribution in [2.45, 2.75) is 18.8 Å².